The SMILES string of the molecule is CCOc1c(C(=O)NCC(=O)O)nc(Cl)c2cccc(I)c12. The smallest absolute Gasteiger partial charge is 0.322 e. The van der Waals surface area contributed by atoms with E-state index in [9.17, 15) is 9.59 Å². The van der Waals surface area contributed by atoms with Crippen molar-refractivity contribution in [2.24, 2.45) is 0 Å². The third kappa shape index (κ3) is 3.41. The summed E-state index contributed by atoms with van der Waals surface area (Å²) >= 11 is 8.27. The van der Waals surface area contributed by atoms with E-state index in [-0.39, 0.29) is 10.8 Å². The first-order valence-corrected chi connectivity index (χ1v) is 7.81. The number of amides is 1. The number of carboxylic acid groups (broad SMARTS) is 1. The Bertz CT molecular complexity index is 751. The molecule has 2 rings (SSSR count). The van der Waals surface area contributed by atoms with Gasteiger partial charge in [0.2, 0.25) is 0 Å². The van der Waals surface area contributed by atoms with Gasteiger partial charge in [-0.15, -0.1) is 0 Å². The molecule has 0 unspecified atom stereocenters. The molecule has 0 radical (unpaired) electrons. The van der Waals surface area contributed by atoms with Crippen LogP contribution in [0.25, 0.3) is 10.8 Å². The average molecular weight is 435 g/mol. The predicted molar refractivity (Wildman–Crippen MR) is 90.6 cm³/mol. The monoisotopic (exact) mass is 434 g/mol. The molecule has 1 heterocycles. The van der Waals surface area contributed by atoms with Gasteiger partial charge in [-0.1, -0.05) is 23.7 Å². The second-order valence-corrected chi connectivity index (χ2v) is 5.77. The van der Waals surface area contributed by atoms with E-state index in [0.717, 1.165) is 3.57 Å². The highest BCUT2D eigenvalue weighted by Gasteiger charge is 2.21. The number of aromatic nitrogens is 1. The first kappa shape index (κ1) is 16.8. The van der Waals surface area contributed by atoms with Crippen LogP contribution in [0.1, 0.15) is 17.4 Å². The number of rotatable bonds is 5. The number of carboxylic acids is 1. The van der Waals surface area contributed by atoms with Crippen LogP contribution >= 0.6 is 34.2 Å². The molecule has 6 nitrogen and oxygen atoms in total. The number of carbonyl (C=O) groups is 2. The largest absolute Gasteiger partial charge is 0.491 e. The number of ether oxygens (including phenoxy) is 1. The number of pyridine rings is 1. The molecule has 0 bridgehead atoms. The van der Waals surface area contributed by atoms with E-state index in [1.54, 1.807) is 13.0 Å². The summed E-state index contributed by atoms with van der Waals surface area (Å²) in [5, 5.41) is 12.4. The van der Waals surface area contributed by atoms with E-state index < -0.39 is 18.4 Å². The van der Waals surface area contributed by atoms with E-state index in [0.29, 0.717) is 23.1 Å². The molecule has 0 aliphatic heterocycles. The molecule has 0 aliphatic rings. The summed E-state index contributed by atoms with van der Waals surface area (Å²) in [6, 6.07) is 5.48. The van der Waals surface area contributed by atoms with Gasteiger partial charge in [-0.25, -0.2) is 4.98 Å². The molecular weight excluding hydrogens is 423 g/mol. The van der Waals surface area contributed by atoms with Crippen LogP contribution in [0.2, 0.25) is 5.15 Å². The van der Waals surface area contributed by atoms with Gasteiger partial charge in [0.15, 0.2) is 11.4 Å². The van der Waals surface area contributed by atoms with Gasteiger partial charge in [0, 0.05) is 14.3 Å². The fourth-order valence-corrected chi connectivity index (χ4v) is 2.92. The number of nitrogens with zero attached hydrogens (tertiary/aromatic N) is 1. The molecule has 1 amide bonds. The fourth-order valence-electron chi connectivity index (χ4n) is 1.93. The number of nitrogens with one attached hydrogen (secondary N) is 1. The number of benzene rings is 1. The Hall–Kier alpha value is -1.61. The average Bonchev–Trinajstić information content (AvgIpc) is 2.47. The molecule has 2 aromatic rings. The topological polar surface area (TPSA) is 88.5 Å². The molecule has 1 aromatic heterocycles. The summed E-state index contributed by atoms with van der Waals surface area (Å²) in [6.45, 7) is 1.62. The quantitative estimate of drug-likeness (QED) is 0.558. The standard InChI is InChI=1S/C14H12ClIN2O4/c1-2-22-12-10-7(4-3-5-8(10)16)13(15)18-11(12)14(21)17-6-9(19)20/h3-5H,2,6H2,1H3,(H,17,21)(H,19,20). The van der Waals surface area contributed by atoms with Crippen LogP contribution in [0.15, 0.2) is 18.2 Å². The number of hydrogen-bond acceptors (Lipinski definition) is 4. The second-order valence-electron chi connectivity index (χ2n) is 4.25. The molecular formula is C14H12ClIN2O4. The van der Waals surface area contributed by atoms with Crippen molar-refractivity contribution in [3.8, 4) is 5.75 Å². The Balaban J connectivity index is 2.62. The number of hydrogen-bond donors (Lipinski definition) is 2. The van der Waals surface area contributed by atoms with Gasteiger partial charge in [-0.3, -0.25) is 9.59 Å². The Labute approximate surface area is 145 Å². The zero-order valence-corrected chi connectivity index (χ0v) is 14.4. The highest BCUT2D eigenvalue weighted by Crippen LogP contribution is 2.36. The van der Waals surface area contributed by atoms with Gasteiger partial charge in [0.05, 0.1) is 6.61 Å². The Morgan fingerprint density at radius 2 is 2.18 bits per heavy atom. The van der Waals surface area contributed by atoms with E-state index in [2.05, 4.69) is 32.9 Å². The second kappa shape index (κ2) is 7.10. The molecule has 0 spiro atoms. The lowest BCUT2D eigenvalue weighted by Crippen LogP contribution is -2.30. The van der Waals surface area contributed by atoms with E-state index in [1.807, 2.05) is 12.1 Å². The summed E-state index contributed by atoms with van der Waals surface area (Å²) in [4.78, 5) is 26.8. The zero-order chi connectivity index (χ0) is 16.3. The van der Waals surface area contributed by atoms with Gasteiger partial charge in [-0.05, 0) is 35.6 Å². The summed E-state index contributed by atoms with van der Waals surface area (Å²) in [7, 11) is 0. The summed E-state index contributed by atoms with van der Waals surface area (Å²) in [5.41, 5.74) is -0.0234. The molecule has 0 saturated carbocycles. The van der Waals surface area contributed by atoms with Crippen molar-refractivity contribution in [3.63, 3.8) is 0 Å². The van der Waals surface area contributed by atoms with Crippen LogP contribution in [-0.4, -0.2) is 35.1 Å². The van der Waals surface area contributed by atoms with Crippen LogP contribution in [0.3, 0.4) is 0 Å². The van der Waals surface area contributed by atoms with E-state index in [1.165, 1.54) is 0 Å². The van der Waals surface area contributed by atoms with Crippen molar-refractivity contribution >= 4 is 56.8 Å². The minimum absolute atomic E-state index is 0.0234. The van der Waals surface area contributed by atoms with E-state index >= 15 is 0 Å². The number of halogens is 2. The zero-order valence-electron chi connectivity index (χ0n) is 11.5. The van der Waals surface area contributed by atoms with Crippen molar-refractivity contribution in [2.45, 2.75) is 6.92 Å². The first-order chi connectivity index (χ1) is 10.5. The number of aliphatic carboxylic acids is 1. The minimum atomic E-state index is -1.15. The fraction of sp³-hybridized carbons (Fsp3) is 0.214. The van der Waals surface area contributed by atoms with Gasteiger partial charge in [0.25, 0.3) is 5.91 Å². The Morgan fingerprint density at radius 3 is 2.82 bits per heavy atom. The van der Waals surface area contributed by atoms with Crippen LogP contribution in [0.4, 0.5) is 0 Å². The van der Waals surface area contributed by atoms with Crippen LogP contribution in [-0.2, 0) is 4.79 Å². The van der Waals surface area contributed by atoms with Gasteiger partial charge in [0.1, 0.15) is 11.7 Å². The molecule has 116 valence electrons. The Kier molecular flexibility index (Phi) is 5.41. The minimum Gasteiger partial charge on any atom is -0.491 e. The van der Waals surface area contributed by atoms with Gasteiger partial charge >= 0.3 is 5.97 Å². The van der Waals surface area contributed by atoms with E-state index in [4.69, 9.17) is 21.4 Å². The summed E-state index contributed by atoms with van der Waals surface area (Å²) in [5.74, 6) is -1.49. The molecule has 8 heteroatoms. The Morgan fingerprint density at radius 1 is 1.45 bits per heavy atom. The lowest BCUT2D eigenvalue weighted by Gasteiger charge is -2.14. The van der Waals surface area contributed by atoms with Crippen molar-refractivity contribution in [1.29, 1.82) is 0 Å². The number of carbonyl (C=O) groups excluding carboxylic acids is 1. The van der Waals surface area contributed by atoms with Crippen molar-refractivity contribution in [2.75, 3.05) is 13.2 Å². The summed E-state index contributed by atoms with van der Waals surface area (Å²) in [6.07, 6.45) is 0. The maximum atomic E-state index is 12.2. The molecule has 2 N–H and O–H groups in total. The highest BCUT2D eigenvalue weighted by molar-refractivity contribution is 14.1. The van der Waals surface area contributed by atoms with Gasteiger partial charge in [-0.2, -0.15) is 0 Å². The summed E-state index contributed by atoms with van der Waals surface area (Å²) < 4.78 is 6.44. The lowest BCUT2D eigenvalue weighted by molar-refractivity contribution is -0.135. The van der Waals surface area contributed by atoms with Crippen molar-refractivity contribution in [3.05, 3.63) is 32.6 Å². The van der Waals surface area contributed by atoms with Crippen molar-refractivity contribution < 1.29 is 19.4 Å². The normalized spacial score (nSPS) is 10.5. The van der Waals surface area contributed by atoms with Crippen molar-refractivity contribution in [1.82, 2.24) is 10.3 Å². The van der Waals surface area contributed by atoms with Crippen LogP contribution in [0, 0.1) is 3.57 Å². The molecule has 0 fully saturated rings. The highest BCUT2D eigenvalue weighted by atomic mass is 127. The van der Waals surface area contributed by atoms with Crippen LogP contribution in [0.5, 0.6) is 5.75 Å². The molecule has 22 heavy (non-hydrogen) atoms. The molecule has 0 atom stereocenters. The molecule has 0 aliphatic carbocycles. The lowest BCUT2D eigenvalue weighted by atomic mass is 10.1. The maximum absolute atomic E-state index is 12.2. The van der Waals surface area contributed by atoms with Crippen LogP contribution < -0.4 is 10.1 Å². The third-order valence-electron chi connectivity index (χ3n) is 2.79. The molecule has 1 aromatic carbocycles. The first-order valence-electron chi connectivity index (χ1n) is 6.36. The molecule has 0 saturated heterocycles. The third-order valence-corrected chi connectivity index (χ3v) is 3.98. The maximum Gasteiger partial charge on any atom is 0.322 e. The number of fused-ring (bicyclic) bond motifs is 1. The predicted octanol–water partition coefficient (Wildman–Crippen LogP) is 2.71. The van der Waals surface area contributed by atoms with Gasteiger partial charge < -0.3 is 15.2 Å².